The van der Waals surface area contributed by atoms with E-state index in [2.05, 4.69) is 25.2 Å². The maximum Gasteiger partial charge on any atom is 0.244 e. The van der Waals surface area contributed by atoms with Crippen LogP contribution in [0.5, 0.6) is 0 Å². The molecule has 1 aliphatic rings. The fourth-order valence-electron chi connectivity index (χ4n) is 1.94. The number of amides is 1. The van der Waals surface area contributed by atoms with Crippen molar-refractivity contribution in [3.05, 3.63) is 29.3 Å². The van der Waals surface area contributed by atoms with Crippen LogP contribution >= 0.6 is 0 Å². The maximum atomic E-state index is 12.0. The lowest BCUT2D eigenvalue weighted by Gasteiger charge is -2.18. The number of benzene rings is 1. The minimum Gasteiger partial charge on any atom is -0.324 e. The first-order valence-electron chi connectivity index (χ1n) is 6.14. The van der Waals surface area contributed by atoms with Crippen LogP contribution in [0.25, 0.3) is 0 Å². The second-order valence-corrected chi connectivity index (χ2v) is 5.30. The molecule has 1 aliphatic carbocycles. The Kier molecular flexibility index (Phi) is 2.96. The SMILES string of the molecule is Cc1cccc(C(C)C)c1NC(=O)C1(N)CC1. The Morgan fingerprint density at radius 2 is 2.06 bits per heavy atom. The molecule has 0 heterocycles. The van der Waals surface area contributed by atoms with Crippen LogP contribution in [-0.2, 0) is 4.79 Å². The van der Waals surface area contributed by atoms with Crippen molar-refractivity contribution in [2.24, 2.45) is 5.73 Å². The van der Waals surface area contributed by atoms with Crippen molar-refractivity contribution in [3.63, 3.8) is 0 Å². The van der Waals surface area contributed by atoms with Crippen molar-refractivity contribution >= 4 is 11.6 Å². The topological polar surface area (TPSA) is 55.1 Å². The zero-order valence-corrected chi connectivity index (χ0v) is 10.7. The summed E-state index contributed by atoms with van der Waals surface area (Å²) in [6.45, 7) is 6.26. The highest BCUT2D eigenvalue weighted by molar-refractivity contribution is 6.01. The minimum absolute atomic E-state index is 0.0475. The molecule has 3 nitrogen and oxygen atoms in total. The van der Waals surface area contributed by atoms with Crippen LogP contribution in [-0.4, -0.2) is 11.4 Å². The van der Waals surface area contributed by atoms with Gasteiger partial charge in [0.15, 0.2) is 0 Å². The highest BCUT2D eigenvalue weighted by atomic mass is 16.2. The van der Waals surface area contributed by atoms with Crippen molar-refractivity contribution in [2.45, 2.75) is 45.1 Å². The van der Waals surface area contributed by atoms with E-state index in [1.807, 2.05) is 19.1 Å². The van der Waals surface area contributed by atoms with Gasteiger partial charge in [-0.1, -0.05) is 32.0 Å². The molecule has 17 heavy (non-hydrogen) atoms. The van der Waals surface area contributed by atoms with Crippen LogP contribution < -0.4 is 11.1 Å². The summed E-state index contributed by atoms with van der Waals surface area (Å²) in [5, 5.41) is 3.00. The monoisotopic (exact) mass is 232 g/mol. The van der Waals surface area contributed by atoms with E-state index >= 15 is 0 Å². The molecule has 1 aromatic carbocycles. The van der Waals surface area contributed by atoms with E-state index < -0.39 is 5.54 Å². The van der Waals surface area contributed by atoms with Crippen LogP contribution in [0.4, 0.5) is 5.69 Å². The number of hydrogen-bond acceptors (Lipinski definition) is 2. The van der Waals surface area contributed by atoms with Crippen molar-refractivity contribution in [3.8, 4) is 0 Å². The van der Waals surface area contributed by atoms with Gasteiger partial charge < -0.3 is 11.1 Å². The molecule has 0 aromatic heterocycles. The Morgan fingerprint density at radius 1 is 1.41 bits per heavy atom. The van der Waals surface area contributed by atoms with E-state index in [1.165, 1.54) is 5.56 Å². The van der Waals surface area contributed by atoms with E-state index in [0.717, 1.165) is 24.1 Å². The lowest BCUT2D eigenvalue weighted by atomic mass is 9.98. The molecule has 3 heteroatoms. The molecular weight excluding hydrogens is 212 g/mol. The van der Waals surface area contributed by atoms with Crippen LogP contribution in [0.2, 0.25) is 0 Å². The van der Waals surface area contributed by atoms with Gasteiger partial charge in [0.1, 0.15) is 0 Å². The van der Waals surface area contributed by atoms with Gasteiger partial charge in [0, 0.05) is 5.69 Å². The predicted octanol–water partition coefficient (Wildman–Crippen LogP) is 2.55. The van der Waals surface area contributed by atoms with Crippen LogP contribution in [0.3, 0.4) is 0 Å². The zero-order chi connectivity index (χ0) is 12.6. The van der Waals surface area contributed by atoms with Gasteiger partial charge in [-0.15, -0.1) is 0 Å². The number of carbonyl (C=O) groups is 1. The molecule has 1 amide bonds. The summed E-state index contributed by atoms with van der Waals surface area (Å²) < 4.78 is 0. The average molecular weight is 232 g/mol. The highest BCUT2D eigenvalue weighted by Gasteiger charge is 2.46. The number of nitrogens with one attached hydrogen (secondary N) is 1. The third-order valence-corrected chi connectivity index (χ3v) is 3.41. The Bertz CT molecular complexity index is 448. The number of hydrogen-bond donors (Lipinski definition) is 2. The minimum atomic E-state index is -0.615. The van der Waals surface area contributed by atoms with E-state index in [0.29, 0.717) is 5.92 Å². The second-order valence-electron chi connectivity index (χ2n) is 5.30. The fourth-order valence-corrected chi connectivity index (χ4v) is 1.94. The molecule has 3 N–H and O–H groups in total. The average Bonchev–Trinajstić information content (AvgIpc) is 3.00. The smallest absolute Gasteiger partial charge is 0.244 e. The van der Waals surface area contributed by atoms with Crippen LogP contribution in [0.15, 0.2) is 18.2 Å². The van der Waals surface area contributed by atoms with Crippen molar-refractivity contribution in [2.75, 3.05) is 5.32 Å². The summed E-state index contributed by atoms with van der Waals surface area (Å²) in [7, 11) is 0. The maximum absolute atomic E-state index is 12.0. The summed E-state index contributed by atoms with van der Waals surface area (Å²) >= 11 is 0. The van der Waals surface area contributed by atoms with Gasteiger partial charge in [-0.05, 0) is 36.8 Å². The molecule has 1 saturated carbocycles. The van der Waals surface area contributed by atoms with Crippen LogP contribution in [0, 0.1) is 6.92 Å². The number of nitrogens with two attached hydrogens (primary N) is 1. The summed E-state index contributed by atoms with van der Waals surface area (Å²) in [4.78, 5) is 12.0. The van der Waals surface area contributed by atoms with Gasteiger partial charge >= 0.3 is 0 Å². The molecule has 0 saturated heterocycles. The number of carbonyl (C=O) groups excluding carboxylic acids is 1. The molecule has 0 radical (unpaired) electrons. The lowest BCUT2D eigenvalue weighted by molar-refractivity contribution is -0.118. The fraction of sp³-hybridized carbons (Fsp3) is 0.500. The van der Waals surface area contributed by atoms with Gasteiger partial charge in [-0.2, -0.15) is 0 Å². The van der Waals surface area contributed by atoms with Crippen LogP contribution in [0.1, 0.15) is 43.7 Å². The van der Waals surface area contributed by atoms with E-state index in [-0.39, 0.29) is 5.91 Å². The largest absolute Gasteiger partial charge is 0.324 e. The summed E-state index contributed by atoms with van der Waals surface area (Å²) in [5.41, 5.74) is 8.48. The normalized spacial score (nSPS) is 17.0. The quantitative estimate of drug-likeness (QED) is 0.841. The number of rotatable bonds is 3. The Hall–Kier alpha value is -1.35. The van der Waals surface area contributed by atoms with E-state index in [4.69, 9.17) is 5.73 Å². The van der Waals surface area contributed by atoms with Gasteiger partial charge in [0.25, 0.3) is 0 Å². The summed E-state index contributed by atoms with van der Waals surface area (Å²) in [5.74, 6) is 0.340. The molecule has 92 valence electrons. The molecule has 2 rings (SSSR count). The first-order valence-corrected chi connectivity index (χ1v) is 6.14. The number of para-hydroxylation sites is 1. The summed E-state index contributed by atoms with van der Waals surface area (Å²) in [6, 6.07) is 6.09. The Labute approximate surface area is 102 Å². The zero-order valence-electron chi connectivity index (χ0n) is 10.7. The van der Waals surface area contributed by atoms with Gasteiger partial charge in [0.2, 0.25) is 5.91 Å². The molecule has 0 aliphatic heterocycles. The predicted molar refractivity (Wildman–Crippen MR) is 70.1 cm³/mol. The van der Waals surface area contributed by atoms with E-state index in [9.17, 15) is 4.79 Å². The lowest BCUT2D eigenvalue weighted by Crippen LogP contribution is -2.38. The standard InChI is InChI=1S/C14H20N2O/c1-9(2)11-6-4-5-10(3)12(11)16-13(17)14(15)7-8-14/h4-6,9H,7-8,15H2,1-3H3,(H,16,17). The van der Waals surface area contributed by atoms with Crippen molar-refractivity contribution < 1.29 is 4.79 Å². The van der Waals surface area contributed by atoms with Gasteiger partial charge in [0.05, 0.1) is 5.54 Å². The third kappa shape index (κ3) is 2.34. The van der Waals surface area contributed by atoms with Crippen molar-refractivity contribution in [1.82, 2.24) is 0 Å². The second kappa shape index (κ2) is 4.15. The summed E-state index contributed by atoms with van der Waals surface area (Å²) in [6.07, 6.45) is 1.59. The van der Waals surface area contributed by atoms with Gasteiger partial charge in [-0.25, -0.2) is 0 Å². The molecular formula is C14H20N2O. The first kappa shape index (κ1) is 12.1. The Morgan fingerprint density at radius 3 is 2.59 bits per heavy atom. The van der Waals surface area contributed by atoms with Crippen molar-refractivity contribution in [1.29, 1.82) is 0 Å². The molecule has 1 fully saturated rings. The number of aryl methyl sites for hydroxylation is 1. The molecule has 0 spiro atoms. The molecule has 0 atom stereocenters. The van der Waals surface area contributed by atoms with E-state index in [1.54, 1.807) is 0 Å². The first-order chi connectivity index (χ1) is 7.94. The number of anilines is 1. The van der Waals surface area contributed by atoms with Gasteiger partial charge in [-0.3, -0.25) is 4.79 Å². The molecule has 0 bridgehead atoms. The molecule has 0 unspecified atom stereocenters. The molecule has 1 aromatic rings. The highest BCUT2D eigenvalue weighted by Crippen LogP contribution is 2.35. The third-order valence-electron chi connectivity index (χ3n) is 3.41. The Balaban J connectivity index is 2.28.